The average molecular weight is 208 g/mol. The molecule has 86 valence electrons. The molecule has 1 nitrogen and oxygen atoms in total. The zero-order valence-electron chi connectivity index (χ0n) is 11.0. The van der Waals surface area contributed by atoms with Crippen LogP contribution in [0.1, 0.15) is 53.9 Å². The molecule has 1 rings (SSSR count). The van der Waals surface area contributed by atoms with Gasteiger partial charge in [-0.2, -0.15) is 0 Å². The van der Waals surface area contributed by atoms with Gasteiger partial charge in [0.25, 0.3) is 0 Å². The Morgan fingerprint density at radius 3 is 2.53 bits per heavy atom. The largest absolute Gasteiger partial charge is 0.375 e. The fourth-order valence-electron chi connectivity index (χ4n) is 3.35. The minimum Gasteiger partial charge on any atom is -0.375 e. The second-order valence-electron chi connectivity index (χ2n) is 5.76. The third-order valence-electron chi connectivity index (χ3n) is 4.17. The van der Waals surface area contributed by atoms with Crippen LogP contribution in [0.2, 0.25) is 5.31 Å². The van der Waals surface area contributed by atoms with E-state index in [-0.39, 0.29) is 10.9 Å². The second kappa shape index (κ2) is 4.49. The van der Waals surface area contributed by atoms with Crippen molar-refractivity contribution in [2.24, 2.45) is 11.8 Å². The van der Waals surface area contributed by atoms with E-state index in [0.29, 0.717) is 11.8 Å². The highest BCUT2D eigenvalue weighted by Crippen LogP contribution is 2.52. The van der Waals surface area contributed by atoms with Gasteiger partial charge in [-0.3, -0.25) is 0 Å². The van der Waals surface area contributed by atoms with Crippen molar-refractivity contribution >= 4 is 7.85 Å². The summed E-state index contributed by atoms with van der Waals surface area (Å²) in [7, 11) is 6.53. The maximum absolute atomic E-state index is 6.53. The molecule has 0 saturated carbocycles. The maximum Gasteiger partial charge on any atom is 0.0782 e. The molecule has 3 atom stereocenters. The van der Waals surface area contributed by atoms with Gasteiger partial charge in [-0.1, -0.05) is 41.0 Å². The average Bonchev–Trinajstić information content (AvgIpc) is 2.20. The molecule has 0 spiro atoms. The standard InChI is InChI=1S/C13H25BO/c1-6-13(10(2)3)12(5,14)9-11(4)7-8-15-13/h10-11H,6-9H2,1-5H3. The van der Waals surface area contributed by atoms with Crippen molar-refractivity contribution in [1.82, 2.24) is 0 Å². The third kappa shape index (κ3) is 2.25. The highest BCUT2D eigenvalue weighted by Gasteiger charge is 2.48. The fourth-order valence-corrected chi connectivity index (χ4v) is 3.35. The normalized spacial score (nSPS) is 42.9. The van der Waals surface area contributed by atoms with E-state index in [0.717, 1.165) is 25.9 Å². The van der Waals surface area contributed by atoms with Crippen molar-refractivity contribution in [3.63, 3.8) is 0 Å². The zero-order valence-corrected chi connectivity index (χ0v) is 11.0. The van der Waals surface area contributed by atoms with E-state index >= 15 is 0 Å². The monoisotopic (exact) mass is 208 g/mol. The Labute approximate surface area is 96.4 Å². The van der Waals surface area contributed by atoms with Gasteiger partial charge in [0.1, 0.15) is 0 Å². The Balaban J connectivity index is 3.01. The lowest BCUT2D eigenvalue weighted by Crippen LogP contribution is -2.48. The van der Waals surface area contributed by atoms with Gasteiger partial charge in [0.2, 0.25) is 0 Å². The summed E-state index contributed by atoms with van der Waals surface area (Å²) in [4.78, 5) is 0. The first kappa shape index (κ1) is 13.1. The van der Waals surface area contributed by atoms with Crippen LogP contribution in [0.4, 0.5) is 0 Å². The molecule has 3 unspecified atom stereocenters. The molecule has 2 radical (unpaired) electrons. The molecule has 15 heavy (non-hydrogen) atoms. The summed E-state index contributed by atoms with van der Waals surface area (Å²) in [6, 6.07) is 0. The van der Waals surface area contributed by atoms with Crippen molar-refractivity contribution in [2.75, 3.05) is 6.61 Å². The van der Waals surface area contributed by atoms with Crippen molar-refractivity contribution in [3.05, 3.63) is 0 Å². The van der Waals surface area contributed by atoms with Gasteiger partial charge in [0, 0.05) is 6.61 Å². The van der Waals surface area contributed by atoms with Crippen LogP contribution >= 0.6 is 0 Å². The van der Waals surface area contributed by atoms with Gasteiger partial charge < -0.3 is 4.74 Å². The molecule has 0 aromatic heterocycles. The summed E-state index contributed by atoms with van der Waals surface area (Å²) < 4.78 is 6.16. The van der Waals surface area contributed by atoms with E-state index in [1.807, 2.05) is 0 Å². The Bertz CT molecular complexity index is 213. The Morgan fingerprint density at radius 1 is 1.47 bits per heavy atom. The molecule has 1 saturated heterocycles. The van der Waals surface area contributed by atoms with Crippen LogP contribution in [0.25, 0.3) is 0 Å². The van der Waals surface area contributed by atoms with Gasteiger partial charge >= 0.3 is 0 Å². The topological polar surface area (TPSA) is 9.23 Å². The molecule has 0 aliphatic carbocycles. The minimum absolute atomic E-state index is 0.141. The number of rotatable bonds is 2. The van der Waals surface area contributed by atoms with Crippen LogP contribution in [-0.4, -0.2) is 20.1 Å². The van der Waals surface area contributed by atoms with E-state index in [1.165, 1.54) is 0 Å². The molecule has 1 aliphatic heterocycles. The first-order chi connectivity index (χ1) is 6.85. The van der Waals surface area contributed by atoms with Crippen molar-refractivity contribution in [1.29, 1.82) is 0 Å². The first-order valence-electron chi connectivity index (χ1n) is 6.28. The van der Waals surface area contributed by atoms with Crippen LogP contribution < -0.4 is 0 Å². The van der Waals surface area contributed by atoms with Gasteiger partial charge in [-0.05, 0) is 30.0 Å². The Kier molecular flexibility index (Phi) is 3.92. The third-order valence-corrected chi connectivity index (χ3v) is 4.17. The SMILES string of the molecule is [B]C1(C)CC(C)CCOC1(CC)C(C)C. The quantitative estimate of drug-likeness (QED) is 0.630. The lowest BCUT2D eigenvalue weighted by Gasteiger charge is -2.49. The Hall–Kier alpha value is 0.0249. The summed E-state index contributed by atoms with van der Waals surface area (Å²) in [6.45, 7) is 12.0. The molecule has 1 aliphatic rings. The van der Waals surface area contributed by atoms with Crippen LogP contribution in [-0.2, 0) is 4.74 Å². The van der Waals surface area contributed by atoms with Crippen LogP contribution in [0.3, 0.4) is 0 Å². The number of ether oxygens (including phenoxy) is 1. The highest BCUT2D eigenvalue weighted by atomic mass is 16.5. The van der Waals surface area contributed by atoms with Crippen LogP contribution in [0.5, 0.6) is 0 Å². The van der Waals surface area contributed by atoms with Crippen molar-refractivity contribution in [3.8, 4) is 0 Å². The van der Waals surface area contributed by atoms with E-state index in [9.17, 15) is 0 Å². The van der Waals surface area contributed by atoms with Crippen LogP contribution in [0, 0.1) is 11.8 Å². The van der Waals surface area contributed by atoms with Crippen LogP contribution in [0.15, 0.2) is 0 Å². The maximum atomic E-state index is 6.53. The van der Waals surface area contributed by atoms with Gasteiger partial charge in [0.05, 0.1) is 13.4 Å². The molecule has 2 heteroatoms. The van der Waals surface area contributed by atoms with Gasteiger partial charge in [0.15, 0.2) is 0 Å². The summed E-state index contributed by atoms with van der Waals surface area (Å²) in [6.07, 6.45) is 3.21. The smallest absolute Gasteiger partial charge is 0.0782 e. The fraction of sp³-hybridized carbons (Fsp3) is 1.00. The molecule has 0 aromatic rings. The number of hydrogen-bond donors (Lipinski definition) is 0. The molecule has 0 amide bonds. The summed E-state index contributed by atoms with van der Waals surface area (Å²) >= 11 is 0. The van der Waals surface area contributed by atoms with E-state index < -0.39 is 0 Å². The molecule has 0 N–H and O–H groups in total. The summed E-state index contributed by atoms with van der Waals surface area (Å²) in [5, 5.41) is -0.203. The highest BCUT2D eigenvalue weighted by molar-refractivity contribution is 6.16. The molecule has 0 aromatic carbocycles. The zero-order chi connectivity index (χ0) is 11.7. The molecule has 0 bridgehead atoms. The molecular formula is C13H25BO. The Morgan fingerprint density at radius 2 is 2.07 bits per heavy atom. The molecular weight excluding hydrogens is 183 g/mol. The van der Waals surface area contributed by atoms with Gasteiger partial charge in [-0.15, -0.1) is 0 Å². The lowest BCUT2D eigenvalue weighted by molar-refractivity contribution is -0.101. The molecule has 1 heterocycles. The minimum atomic E-state index is -0.203. The van der Waals surface area contributed by atoms with Crippen molar-refractivity contribution < 1.29 is 4.74 Å². The second-order valence-corrected chi connectivity index (χ2v) is 5.76. The lowest BCUT2D eigenvalue weighted by atomic mass is 9.52. The first-order valence-corrected chi connectivity index (χ1v) is 6.28. The van der Waals surface area contributed by atoms with E-state index in [4.69, 9.17) is 12.6 Å². The summed E-state index contributed by atoms with van der Waals surface area (Å²) in [5.74, 6) is 1.15. The predicted molar refractivity (Wildman–Crippen MR) is 66.3 cm³/mol. The summed E-state index contributed by atoms with van der Waals surface area (Å²) in [5.41, 5.74) is -0.141. The van der Waals surface area contributed by atoms with Crippen molar-refractivity contribution in [2.45, 2.75) is 64.8 Å². The van der Waals surface area contributed by atoms with E-state index in [1.54, 1.807) is 0 Å². The molecule has 1 fully saturated rings. The van der Waals surface area contributed by atoms with Gasteiger partial charge in [-0.25, -0.2) is 0 Å². The number of hydrogen-bond acceptors (Lipinski definition) is 1. The predicted octanol–water partition coefficient (Wildman–Crippen LogP) is 3.58. The van der Waals surface area contributed by atoms with E-state index in [2.05, 4.69) is 34.6 Å².